The zero-order valence-corrected chi connectivity index (χ0v) is 10.5. The molecule has 1 unspecified atom stereocenters. The molecule has 3 N–H and O–H groups in total. The van der Waals surface area contributed by atoms with Crippen LogP contribution in [0.4, 0.5) is 5.69 Å². The van der Waals surface area contributed by atoms with E-state index in [-0.39, 0.29) is 0 Å². The first-order chi connectivity index (χ1) is 8.15. The van der Waals surface area contributed by atoms with Gasteiger partial charge in [-0.2, -0.15) is 0 Å². The lowest BCUT2D eigenvalue weighted by Gasteiger charge is -2.31. The molecule has 0 spiro atoms. The molecule has 3 heteroatoms. The lowest BCUT2D eigenvalue weighted by atomic mass is 9.85. The van der Waals surface area contributed by atoms with E-state index in [0.717, 1.165) is 23.7 Å². The molecule has 94 valence electrons. The fourth-order valence-electron chi connectivity index (χ4n) is 2.31. The van der Waals surface area contributed by atoms with Crippen LogP contribution in [0.5, 0.6) is 0 Å². The summed E-state index contributed by atoms with van der Waals surface area (Å²) in [7, 11) is 2.08. The van der Waals surface area contributed by atoms with E-state index in [0.29, 0.717) is 6.54 Å². The Kier molecular flexibility index (Phi) is 4.02. The minimum absolute atomic E-state index is 0.416. The number of nitrogens with zero attached hydrogens (tertiary/aromatic N) is 1. The van der Waals surface area contributed by atoms with Gasteiger partial charge in [-0.25, -0.2) is 0 Å². The summed E-state index contributed by atoms with van der Waals surface area (Å²) in [5.74, 6) is 0.846. The lowest BCUT2D eigenvalue weighted by Crippen LogP contribution is -2.32. The second-order valence-electron chi connectivity index (χ2n) is 5.20. The monoisotopic (exact) mass is 234 g/mol. The van der Waals surface area contributed by atoms with Crippen LogP contribution in [0.25, 0.3) is 0 Å². The zero-order chi connectivity index (χ0) is 12.3. The normalized spacial score (nSPS) is 18.1. The summed E-state index contributed by atoms with van der Waals surface area (Å²) in [6.45, 7) is 1.80. The highest BCUT2D eigenvalue weighted by molar-refractivity contribution is 5.39. The summed E-state index contributed by atoms with van der Waals surface area (Å²) in [4.78, 5) is 2.23. The van der Waals surface area contributed by atoms with Gasteiger partial charge in [0.1, 0.15) is 0 Å². The third-order valence-electron chi connectivity index (χ3n) is 3.60. The molecule has 0 saturated heterocycles. The topological polar surface area (TPSA) is 49.5 Å². The minimum Gasteiger partial charge on any atom is -0.399 e. The van der Waals surface area contributed by atoms with Crippen molar-refractivity contribution < 1.29 is 5.11 Å². The molecule has 0 radical (unpaired) electrons. The fourth-order valence-corrected chi connectivity index (χ4v) is 2.31. The Morgan fingerprint density at radius 1 is 1.35 bits per heavy atom. The average molecular weight is 234 g/mol. The number of hydrogen-bond acceptors (Lipinski definition) is 3. The molecule has 1 fully saturated rings. The van der Waals surface area contributed by atoms with Gasteiger partial charge in [0.25, 0.3) is 0 Å². The highest BCUT2D eigenvalue weighted by Crippen LogP contribution is 2.27. The minimum atomic E-state index is -0.416. The SMILES string of the molecule is CN(CC1CCC1)CC(O)c1ccc(N)cc1. The maximum atomic E-state index is 10.1. The third-order valence-corrected chi connectivity index (χ3v) is 3.60. The van der Waals surface area contributed by atoms with Crippen LogP contribution >= 0.6 is 0 Å². The van der Waals surface area contributed by atoms with Crippen LogP contribution in [0.1, 0.15) is 30.9 Å². The second kappa shape index (κ2) is 5.52. The van der Waals surface area contributed by atoms with Crippen LogP contribution in [0, 0.1) is 5.92 Å². The van der Waals surface area contributed by atoms with E-state index < -0.39 is 6.10 Å². The van der Waals surface area contributed by atoms with Crippen molar-refractivity contribution in [3.8, 4) is 0 Å². The second-order valence-corrected chi connectivity index (χ2v) is 5.20. The van der Waals surface area contributed by atoms with Crippen molar-refractivity contribution in [3.63, 3.8) is 0 Å². The van der Waals surface area contributed by atoms with Gasteiger partial charge in [-0.3, -0.25) is 0 Å². The molecular weight excluding hydrogens is 212 g/mol. The molecule has 0 heterocycles. The number of nitrogen functional groups attached to an aromatic ring is 1. The first kappa shape index (κ1) is 12.4. The highest BCUT2D eigenvalue weighted by Gasteiger charge is 2.20. The predicted molar refractivity (Wildman–Crippen MR) is 70.7 cm³/mol. The van der Waals surface area contributed by atoms with Gasteiger partial charge in [0.15, 0.2) is 0 Å². The van der Waals surface area contributed by atoms with E-state index in [4.69, 9.17) is 5.73 Å². The number of rotatable bonds is 5. The molecule has 1 aromatic rings. The van der Waals surface area contributed by atoms with Gasteiger partial charge in [0, 0.05) is 18.8 Å². The molecular formula is C14H22N2O. The van der Waals surface area contributed by atoms with Gasteiger partial charge in [-0.15, -0.1) is 0 Å². The van der Waals surface area contributed by atoms with Gasteiger partial charge >= 0.3 is 0 Å². The van der Waals surface area contributed by atoms with Crippen LogP contribution in [0.15, 0.2) is 24.3 Å². The number of anilines is 1. The molecule has 1 atom stereocenters. The van der Waals surface area contributed by atoms with Crippen molar-refractivity contribution in [3.05, 3.63) is 29.8 Å². The third kappa shape index (κ3) is 3.45. The summed E-state index contributed by atoms with van der Waals surface area (Å²) in [6, 6.07) is 7.48. The first-order valence-corrected chi connectivity index (χ1v) is 6.37. The van der Waals surface area contributed by atoms with Crippen LogP contribution in [-0.2, 0) is 0 Å². The number of aliphatic hydroxyl groups excluding tert-OH is 1. The lowest BCUT2D eigenvalue weighted by molar-refractivity contribution is 0.107. The van der Waals surface area contributed by atoms with E-state index in [1.54, 1.807) is 0 Å². The maximum Gasteiger partial charge on any atom is 0.0916 e. The Balaban J connectivity index is 1.82. The van der Waals surface area contributed by atoms with Crippen molar-refractivity contribution in [2.24, 2.45) is 5.92 Å². The highest BCUT2D eigenvalue weighted by atomic mass is 16.3. The van der Waals surface area contributed by atoms with Crippen LogP contribution < -0.4 is 5.73 Å². The van der Waals surface area contributed by atoms with Gasteiger partial charge in [-0.1, -0.05) is 18.6 Å². The Morgan fingerprint density at radius 3 is 2.53 bits per heavy atom. The van der Waals surface area contributed by atoms with Gasteiger partial charge in [0.05, 0.1) is 6.10 Å². The molecule has 2 rings (SSSR count). The maximum absolute atomic E-state index is 10.1. The van der Waals surface area contributed by atoms with Crippen LogP contribution in [0.3, 0.4) is 0 Å². The molecule has 3 nitrogen and oxygen atoms in total. The summed E-state index contributed by atoms with van der Waals surface area (Å²) < 4.78 is 0. The summed E-state index contributed by atoms with van der Waals surface area (Å²) in [5, 5.41) is 10.1. The molecule has 0 aliphatic heterocycles. The van der Waals surface area contributed by atoms with Crippen molar-refractivity contribution in [1.82, 2.24) is 4.90 Å². The van der Waals surface area contributed by atoms with Crippen molar-refractivity contribution >= 4 is 5.69 Å². The van der Waals surface area contributed by atoms with Crippen molar-refractivity contribution in [2.75, 3.05) is 25.9 Å². The Bertz CT molecular complexity index is 346. The number of benzene rings is 1. The van der Waals surface area contributed by atoms with Gasteiger partial charge in [-0.05, 0) is 43.5 Å². The number of aliphatic hydroxyl groups is 1. The van der Waals surface area contributed by atoms with Crippen LogP contribution in [-0.4, -0.2) is 30.1 Å². The molecule has 1 aromatic carbocycles. The fraction of sp³-hybridized carbons (Fsp3) is 0.571. The summed E-state index contributed by atoms with van der Waals surface area (Å²) in [6.07, 6.45) is 3.66. The molecule has 1 aliphatic rings. The molecule has 1 aliphatic carbocycles. The number of hydrogen-bond donors (Lipinski definition) is 2. The Hall–Kier alpha value is -1.06. The molecule has 17 heavy (non-hydrogen) atoms. The van der Waals surface area contributed by atoms with Crippen molar-refractivity contribution in [2.45, 2.75) is 25.4 Å². The van der Waals surface area contributed by atoms with E-state index in [2.05, 4.69) is 11.9 Å². The Labute approximate surface area is 103 Å². The zero-order valence-electron chi connectivity index (χ0n) is 10.5. The van der Waals surface area contributed by atoms with Gasteiger partial charge in [0.2, 0.25) is 0 Å². The van der Waals surface area contributed by atoms with E-state index in [1.165, 1.54) is 19.3 Å². The standard InChI is InChI=1S/C14H22N2O/c1-16(9-11-3-2-4-11)10-14(17)12-5-7-13(15)8-6-12/h5-8,11,14,17H,2-4,9-10,15H2,1H3. The average Bonchev–Trinajstić information content (AvgIpc) is 2.24. The largest absolute Gasteiger partial charge is 0.399 e. The van der Waals surface area contributed by atoms with Gasteiger partial charge < -0.3 is 15.7 Å². The smallest absolute Gasteiger partial charge is 0.0916 e. The molecule has 0 amide bonds. The van der Waals surface area contributed by atoms with E-state index in [9.17, 15) is 5.11 Å². The summed E-state index contributed by atoms with van der Waals surface area (Å²) in [5.41, 5.74) is 7.31. The van der Waals surface area contributed by atoms with E-state index in [1.807, 2.05) is 24.3 Å². The number of nitrogens with two attached hydrogens (primary N) is 1. The molecule has 0 bridgehead atoms. The first-order valence-electron chi connectivity index (χ1n) is 6.37. The quantitative estimate of drug-likeness (QED) is 0.766. The number of likely N-dealkylation sites (N-methyl/N-ethyl adjacent to an activating group) is 1. The molecule has 1 saturated carbocycles. The Morgan fingerprint density at radius 2 is 2.00 bits per heavy atom. The summed E-state index contributed by atoms with van der Waals surface area (Å²) >= 11 is 0. The predicted octanol–water partition coefficient (Wildman–Crippen LogP) is 2.03. The van der Waals surface area contributed by atoms with Crippen LogP contribution in [0.2, 0.25) is 0 Å². The van der Waals surface area contributed by atoms with E-state index >= 15 is 0 Å². The molecule has 0 aromatic heterocycles. The van der Waals surface area contributed by atoms with Crippen molar-refractivity contribution in [1.29, 1.82) is 0 Å².